The molecule has 3 nitrogen and oxygen atoms in total. The molecule has 102 valence electrons. The summed E-state index contributed by atoms with van der Waals surface area (Å²) in [7, 11) is -3.36. The molecule has 1 heterocycles. The maximum Gasteiger partial charge on any atom is 0.250 e. The van der Waals surface area contributed by atoms with Gasteiger partial charge in [0.15, 0.2) is 0 Å². The molecule has 0 spiro atoms. The van der Waals surface area contributed by atoms with E-state index >= 15 is 0 Å². The molecule has 1 N–H and O–H groups in total. The fourth-order valence-electron chi connectivity index (χ4n) is 2.34. The molecule has 0 unspecified atom stereocenters. The predicted molar refractivity (Wildman–Crippen MR) is 79.0 cm³/mol. The van der Waals surface area contributed by atoms with Gasteiger partial charge in [0.2, 0.25) is 0 Å². The highest BCUT2D eigenvalue weighted by atomic mass is 79.9. The normalized spacial score (nSPS) is 19.2. The van der Waals surface area contributed by atoms with Crippen LogP contribution in [-0.4, -0.2) is 19.3 Å². The fourth-order valence-corrected chi connectivity index (χ4v) is 5.98. The van der Waals surface area contributed by atoms with E-state index in [1.54, 1.807) is 6.07 Å². The molecule has 0 radical (unpaired) electrons. The summed E-state index contributed by atoms with van der Waals surface area (Å²) in [6.07, 6.45) is 4.91. The minimum Gasteiger partial charge on any atom is -0.206 e. The average Bonchev–Trinajstić information content (AvgIpc) is 2.97. The van der Waals surface area contributed by atoms with Gasteiger partial charge in [-0.15, -0.1) is 11.3 Å². The van der Waals surface area contributed by atoms with E-state index in [9.17, 15) is 8.42 Å². The zero-order valence-corrected chi connectivity index (χ0v) is 13.6. The third-order valence-electron chi connectivity index (χ3n) is 3.42. The van der Waals surface area contributed by atoms with Gasteiger partial charge in [0, 0.05) is 15.7 Å². The van der Waals surface area contributed by atoms with Crippen LogP contribution in [0.1, 0.15) is 37.5 Å². The molecule has 1 fully saturated rings. The minimum absolute atomic E-state index is 0.283. The van der Waals surface area contributed by atoms with Gasteiger partial charge in [-0.2, -0.15) is 0 Å². The highest BCUT2D eigenvalue weighted by molar-refractivity contribution is 9.09. The van der Waals surface area contributed by atoms with Gasteiger partial charge in [0.25, 0.3) is 10.0 Å². The number of rotatable bonds is 5. The lowest BCUT2D eigenvalue weighted by atomic mass is 10.0. The van der Waals surface area contributed by atoms with Crippen molar-refractivity contribution in [2.45, 2.75) is 48.8 Å². The molecule has 1 saturated carbocycles. The molecule has 6 heteroatoms. The number of halogens is 1. The Morgan fingerprint density at radius 2 is 2.06 bits per heavy atom. The smallest absolute Gasteiger partial charge is 0.206 e. The summed E-state index contributed by atoms with van der Waals surface area (Å²) in [5.41, 5.74) is -0.283. The Bertz CT molecular complexity index is 504. The van der Waals surface area contributed by atoms with E-state index in [1.807, 2.05) is 13.0 Å². The van der Waals surface area contributed by atoms with E-state index in [0.717, 1.165) is 37.0 Å². The van der Waals surface area contributed by atoms with Crippen molar-refractivity contribution >= 4 is 37.3 Å². The molecule has 1 aromatic heterocycles. The van der Waals surface area contributed by atoms with Crippen molar-refractivity contribution in [3.05, 3.63) is 17.0 Å². The second-order valence-corrected chi connectivity index (χ2v) is 8.44. The summed E-state index contributed by atoms with van der Waals surface area (Å²) in [6, 6.07) is 3.61. The van der Waals surface area contributed by atoms with Crippen molar-refractivity contribution in [1.82, 2.24) is 4.72 Å². The topological polar surface area (TPSA) is 46.2 Å². The third-order valence-corrected chi connectivity index (χ3v) is 7.79. The van der Waals surface area contributed by atoms with Crippen molar-refractivity contribution in [1.29, 1.82) is 0 Å². The quantitative estimate of drug-likeness (QED) is 0.827. The number of aryl methyl sites for hydroxylation is 1. The summed E-state index contributed by atoms with van der Waals surface area (Å²) in [5, 5.41) is 0.686. The Morgan fingerprint density at radius 3 is 2.56 bits per heavy atom. The van der Waals surface area contributed by atoms with Gasteiger partial charge in [-0.1, -0.05) is 35.7 Å². The van der Waals surface area contributed by atoms with E-state index in [-0.39, 0.29) is 5.54 Å². The molecule has 0 amide bonds. The lowest BCUT2D eigenvalue weighted by Gasteiger charge is -2.27. The Morgan fingerprint density at radius 1 is 1.39 bits per heavy atom. The van der Waals surface area contributed by atoms with Crippen LogP contribution in [0.4, 0.5) is 0 Å². The predicted octanol–water partition coefficient (Wildman–Crippen LogP) is 3.30. The van der Waals surface area contributed by atoms with Crippen LogP contribution in [0.5, 0.6) is 0 Å². The summed E-state index contributed by atoms with van der Waals surface area (Å²) in [6.45, 7) is 2.03. The molecule has 0 atom stereocenters. The van der Waals surface area contributed by atoms with Crippen molar-refractivity contribution in [2.24, 2.45) is 0 Å². The van der Waals surface area contributed by atoms with Gasteiger partial charge < -0.3 is 0 Å². The van der Waals surface area contributed by atoms with Crippen LogP contribution in [0.25, 0.3) is 0 Å². The number of hydrogen-bond donors (Lipinski definition) is 1. The van der Waals surface area contributed by atoms with Crippen molar-refractivity contribution < 1.29 is 8.42 Å². The molecular weight excluding hydrogens is 334 g/mol. The van der Waals surface area contributed by atoms with E-state index in [1.165, 1.54) is 11.3 Å². The van der Waals surface area contributed by atoms with Crippen LogP contribution in [-0.2, 0) is 16.4 Å². The van der Waals surface area contributed by atoms with Crippen LogP contribution in [0.15, 0.2) is 16.3 Å². The molecule has 18 heavy (non-hydrogen) atoms. The lowest BCUT2D eigenvalue weighted by Crippen LogP contribution is -2.47. The molecular formula is C12H18BrNO2S2. The lowest BCUT2D eigenvalue weighted by molar-refractivity contribution is 0.438. The number of alkyl halides is 1. The van der Waals surface area contributed by atoms with Gasteiger partial charge in [-0.3, -0.25) is 0 Å². The second kappa shape index (κ2) is 5.61. The molecule has 1 aromatic rings. The van der Waals surface area contributed by atoms with Gasteiger partial charge >= 0.3 is 0 Å². The van der Waals surface area contributed by atoms with Gasteiger partial charge in [0.05, 0.1) is 0 Å². The third kappa shape index (κ3) is 2.98. The van der Waals surface area contributed by atoms with E-state index in [4.69, 9.17) is 0 Å². The van der Waals surface area contributed by atoms with E-state index < -0.39 is 10.0 Å². The van der Waals surface area contributed by atoms with Crippen LogP contribution < -0.4 is 4.72 Å². The van der Waals surface area contributed by atoms with Gasteiger partial charge in [0.1, 0.15) is 4.21 Å². The summed E-state index contributed by atoms with van der Waals surface area (Å²) >= 11 is 4.82. The van der Waals surface area contributed by atoms with Crippen molar-refractivity contribution in [3.8, 4) is 0 Å². The number of sulfonamides is 1. The Labute approximate surface area is 121 Å². The molecule has 1 aliphatic carbocycles. The molecule has 0 aromatic carbocycles. The zero-order chi connectivity index (χ0) is 13.2. The van der Waals surface area contributed by atoms with Crippen LogP contribution in [0.2, 0.25) is 0 Å². The first kappa shape index (κ1) is 14.5. The minimum atomic E-state index is -3.36. The van der Waals surface area contributed by atoms with Crippen LogP contribution >= 0.6 is 27.3 Å². The molecule has 2 rings (SSSR count). The van der Waals surface area contributed by atoms with Gasteiger partial charge in [-0.05, 0) is 31.4 Å². The monoisotopic (exact) mass is 351 g/mol. The Hall–Kier alpha value is 0.0900. The SMILES string of the molecule is CCc1ccc(S(=O)(=O)NC2(CBr)CCCC2)s1. The Balaban J connectivity index is 2.21. The summed E-state index contributed by atoms with van der Waals surface area (Å²) < 4.78 is 28.1. The number of hydrogen-bond acceptors (Lipinski definition) is 3. The fraction of sp³-hybridized carbons (Fsp3) is 0.667. The molecule has 1 aliphatic rings. The zero-order valence-electron chi connectivity index (χ0n) is 10.4. The van der Waals surface area contributed by atoms with Crippen molar-refractivity contribution in [3.63, 3.8) is 0 Å². The standard InChI is InChI=1S/C12H18BrNO2S2/c1-2-10-5-6-11(17-10)18(15,16)14-12(9-13)7-3-4-8-12/h5-6,14H,2-4,7-9H2,1H3. The first-order valence-corrected chi connectivity index (χ1v) is 9.62. The molecule has 0 aliphatic heterocycles. The molecule has 0 bridgehead atoms. The first-order chi connectivity index (χ1) is 8.51. The maximum absolute atomic E-state index is 12.4. The largest absolute Gasteiger partial charge is 0.250 e. The highest BCUT2D eigenvalue weighted by Gasteiger charge is 2.37. The van der Waals surface area contributed by atoms with Crippen LogP contribution in [0.3, 0.4) is 0 Å². The van der Waals surface area contributed by atoms with Crippen molar-refractivity contribution in [2.75, 3.05) is 5.33 Å². The summed E-state index contributed by atoms with van der Waals surface area (Å²) in [4.78, 5) is 1.11. The maximum atomic E-state index is 12.4. The Kier molecular flexibility index (Phi) is 4.52. The van der Waals surface area contributed by atoms with Crippen LogP contribution in [0, 0.1) is 0 Å². The van der Waals surface area contributed by atoms with E-state index in [2.05, 4.69) is 20.7 Å². The molecule has 0 saturated heterocycles. The number of thiophene rings is 1. The second-order valence-electron chi connectivity index (χ2n) is 4.80. The van der Waals surface area contributed by atoms with E-state index in [0.29, 0.717) is 9.54 Å². The number of nitrogens with one attached hydrogen (secondary N) is 1. The van der Waals surface area contributed by atoms with Gasteiger partial charge in [-0.25, -0.2) is 13.1 Å². The first-order valence-electron chi connectivity index (χ1n) is 6.20. The summed E-state index contributed by atoms with van der Waals surface area (Å²) in [5.74, 6) is 0. The average molecular weight is 352 g/mol. The highest BCUT2D eigenvalue weighted by Crippen LogP contribution is 2.33.